The van der Waals surface area contributed by atoms with E-state index in [1.54, 1.807) is 6.07 Å². The van der Waals surface area contributed by atoms with Crippen LogP contribution in [0.25, 0.3) is 5.65 Å². The van der Waals surface area contributed by atoms with E-state index in [9.17, 15) is 9.18 Å². The molecule has 0 aliphatic heterocycles. The smallest absolute Gasteiger partial charge is 0.290 e. The van der Waals surface area contributed by atoms with Crippen LogP contribution in [0.4, 0.5) is 4.39 Å². The maximum absolute atomic E-state index is 13.2. The molecule has 8 heteroatoms. The number of hydrogen-bond donors (Lipinski definition) is 1. The molecule has 0 radical (unpaired) electrons. The topological polar surface area (TPSA) is 81.7 Å². The molecule has 0 spiro atoms. The number of aryl methyl sites for hydroxylation is 1. The molecule has 142 valence electrons. The van der Waals surface area contributed by atoms with Crippen molar-refractivity contribution in [2.24, 2.45) is 0 Å². The number of hydrogen-bond acceptors (Lipinski definition) is 5. The SMILES string of the molecule is O=C(NCCCc1nnc2ccccn12)c1ccc(Oc2cccc(F)c2)o1. The summed E-state index contributed by atoms with van der Waals surface area (Å²) in [5.41, 5.74) is 0.794. The van der Waals surface area contributed by atoms with Crippen LogP contribution in [-0.2, 0) is 6.42 Å². The lowest BCUT2D eigenvalue weighted by molar-refractivity contribution is 0.0920. The fraction of sp³-hybridized carbons (Fsp3) is 0.150. The van der Waals surface area contributed by atoms with Crippen LogP contribution in [0.2, 0.25) is 0 Å². The lowest BCUT2D eigenvalue weighted by atomic mass is 10.3. The maximum atomic E-state index is 13.2. The molecule has 4 rings (SSSR count). The fourth-order valence-corrected chi connectivity index (χ4v) is 2.74. The van der Waals surface area contributed by atoms with Crippen molar-refractivity contribution in [1.29, 1.82) is 0 Å². The first-order valence-electron chi connectivity index (χ1n) is 8.79. The maximum Gasteiger partial charge on any atom is 0.290 e. The number of nitrogens with zero attached hydrogens (tertiary/aromatic N) is 3. The molecule has 1 aromatic carbocycles. The summed E-state index contributed by atoms with van der Waals surface area (Å²) in [7, 11) is 0. The average Bonchev–Trinajstić information content (AvgIpc) is 3.32. The number of fused-ring (bicyclic) bond motifs is 1. The van der Waals surface area contributed by atoms with Crippen LogP contribution in [-0.4, -0.2) is 27.0 Å². The van der Waals surface area contributed by atoms with Crippen LogP contribution in [0.3, 0.4) is 0 Å². The van der Waals surface area contributed by atoms with Crippen LogP contribution < -0.4 is 10.1 Å². The number of carbonyl (C=O) groups excluding carboxylic acids is 1. The average molecular weight is 380 g/mol. The summed E-state index contributed by atoms with van der Waals surface area (Å²) in [4.78, 5) is 12.2. The second kappa shape index (κ2) is 7.91. The van der Waals surface area contributed by atoms with Gasteiger partial charge in [-0.25, -0.2) is 4.39 Å². The molecule has 0 unspecified atom stereocenters. The van der Waals surface area contributed by atoms with Gasteiger partial charge in [0, 0.05) is 31.3 Å². The zero-order chi connectivity index (χ0) is 19.3. The van der Waals surface area contributed by atoms with Crippen molar-refractivity contribution in [3.63, 3.8) is 0 Å². The van der Waals surface area contributed by atoms with Gasteiger partial charge in [0.2, 0.25) is 0 Å². The number of aromatic nitrogens is 3. The zero-order valence-electron chi connectivity index (χ0n) is 14.8. The Morgan fingerprint density at radius 2 is 2.07 bits per heavy atom. The highest BCUT2D eigenvalue weighted by Crippen LogP contribution is 2.24. The van der Waals surface area contributed by atoms with Crippen molar-refractivity contribution in [1.82, 2.24) is 19.9 Å². The summed E-state index contributed by atoms with van der Waals surface area (Å²) < 4.78 is 25.9. The van der Waals surface area contributed by atoms with E-state index in [1.807, 2.05) is 28.8 Å². The number of rotatable bonds is 7. The Morgan fingerprint density at radius 1 is 1.14 bits per heavy atom. The number of ether oxygens (including phenoxy) is 1. The Morgan fingerprint density at radius 3 is 2.96 bits per heavy atom. The third kappa shape index (κ3) is 4.01. The third-order valence-corrected chi connectivity index (χ3v) is 4.07. The molecular formula is C20H17FN4O3. The van der Waals surface area contributed by atoms with Gasteiger partial charge in [-0.05, 0) is 36.8 Å². The summed E-state index contributed by atoms with van der Waals surface area (Å²) in [6.45, 7) is 0.460. The first kappa shape index (κ1) is 17.7. The van der Waals surface area contributed by atoms with Gasteiger partial charge in [0.05, 0.1) is 0 Å². The van der Waals surface area contributed by atoms with E-state index < -0.39 is 5.82 Å². The van der Waals surface area contributed by atoms with Crippen molar-refractivity contribution >= 4 is 11.6 Å². The largest absolute Gasteiger partial charge is 0.426 e. The number of pyridine rings is 1. The normalized spacial score (nSPS) is 10.9. The van der Waals surface area contributed by atoms with E-state index in [4.69, 9.17) is 9.15 Å². The van der Waals surface area contributed by atoms with Crippen molar-refractivity contribution in [3.05, 3.63) is 78.2 Å². The highest BCUT2D eigenvalue weighted by Gasteiger charge is 2.12. The number of nitrogens with one attached hydrogen (secondary N) is 1. The lowest BCUT2D eigenvalue weighted by Crippen LogP contribution is -2.24. The van der Waals surface area contributed by atoms with Gasteiger partial charge in [0.15, 0.2) is 11.4 Å². The van der Waals surface area contributed by atoms with Crippen LogP contribution >= 0.6 is 0 Å². The molecule has 0 saturated carbocycles. The molecule has 7 nitrogen and oxygen atoms in total. The number of amides is 1. The number of halogens is 1. The molecule has 3 heterocycles. The van der Waals surface area contributed by atoms with Gasteiger partial charge in [-0.3, -0.25) is 9.20 Å². The Kier molecular flexibility index (Phi) is 5.01. The zero-order valence-corrected chi connectivity index (χ0v) is 14.8. The first-order valence-corrected chi connectivity index (χ1v) is 8.79. The molecule has 0 aliphatic rings. The fourth-order valence-electron chi connectivity index (χ4n) is 2.74. The summed E-state index contributed by atoms with van der Waals surface area (Å²) in [6.07, 6.45) is 3.29. The predicted octanol–water partition coefficient (Wildman–Crippen LogP) is 3.62. The molecule has 0 fully saturated rings. The van der Waals surface area contributed by atoms with Gasteiger partial charge >= 0.3 is 0 Å². The van der Waals surface area contributed by atoms with Crippen LogP contribution in [0, 0.1) is 5.82 Å². The number of carbonyl (C=O) groups is 1. The Balaban J connectivity index is 1.28. The monoisotopic (exact) mass is 380 g/mol. The van der Waals surface area contributed by atoms with Crippen molar-refractivity contribution in [3.8, 4) is 11.7 Å². The molecule has 1 amide bonds. The van der Waals surface area contributed by atoms with Gasteiger partial charge in [0.1, 0.15) is 17.4 Å². The summed E-state index contributed by atoms with van der Waals surface area (Å²) in [6, 6.07) is 14.4. The van der Waals surface area contributed by atoms with E-state index >= 15 is 0 Å². The molecule has 1 N–H and O–H groups in total. The minimum absolute atomic E-state index is 0.116. The van der Waals surface area contributed by atoms with Gasteiger partial charge in [-0.15, -0.1) is 10.2 Å². The Bertz CT molecular complexity index is 1110. The van der Waals surface area contributed by atoms with E-state index in [0.29, 0.717) is 25.1 Å². The minimum Gasteiger partial charge on any atom is -0.426 e. The predicted molar refractivity (Wildman–Crippen MR) is 98.8 cm³/mol. The van der Waals surface area contributed by atoms with Crippen LogP contribution in [0.1, 0.15) is 22.8 Å². The Labute approximate surface area is 159 Å². The highest BCUT2D eigenvalue weighted by atomic mass is 19.1. The molecule has 0 bridgehead atoms. The first-order chi connectivity index (χ1) is 13.7. The summed E-state index contributed by atoms with van der Waals surface area (Å²) >= 11 is 0. The van der Waals surface area contributed by atoms with E-state index in [0.717, 1.165) is 11.5 Å². The molecule has 4 aromatic rings. The van der Waals surface area contributed by atoms with E-state index in [2.05, 4.69) is 15.5 Å². The molecule has 28 heavy (non-hydrogen) atoms. The lowest BCUT2D eigenvalue weighted by Gasteiger charge is -2.03. The molecule has 0 aliphatic carbocycles. The van der Waals surface area contributed by atoms with Gasteiger partial charge in [-0.2, -0.15) is 0 Å². The van der Waals surface area contributed by atoms with Crippen LogP contribution in [0.15, 0.2) is 65.2 Å². The van der Waals surface area contributed by atoms with Gasteiger partial charge in [0.25, 0.3) is 11.9 Å². The van der Waals surface area contributed by atoms with Crippen molar-refractivity contribution in [2.45, 2.75) is 12.8 Å². The second-order valence-electron chi connectivity index (χ2n) is 6.08. The van der Waals surface area contributed by atoms with Crippen molar-refractivity contribution < 1.29 is 18.3 Å². The minimum atomic E-state index is -0.414. The number of benzene rings is 1. The van der Waals surface area contributed by atoms with E-state index in [-0.39, 0.29) is 17.6 Å². The van der Waals surface area contributed by atoms with E-state index in [1.165, 1.54) is 30.3 Å². The number of furan rings is 1. The summed E-state index contributed by atoms with van der Waals surface area (Å²) in [5, 5.41) is 11.0. The third-order valence-electron chi connectivity index (χ3n) is 4.07. The molecule has 3 aromatic heterocycles. The second-order valence-corrected chi connectivity index (χ2v) is 6.08. The molecular weight excluding hydrogens is 363 g/mol. The van der Waals surface area contributed by atoms with Crippen LogP contribution in [0.5, 0.6) is 11.7 Å². The summed E-state index contributed by atoms with van der Waals surface area (Å²) in [5.74, 6) is 0.614. The van der Waals surface area contributed by atoms with Gasteiger partial charge < -0.3 is 14.5 Å². The van der Waals surface area contributed by atoms with Crippen molar-refractivity contribution in [2.75, 3.05) is 6.54 Å². The molecule has 0 saturated heterocycles. The Hall–Kier alpha value is -3.68. The van der Waals surface area contributed by atoms with Gasteiger partial charge in [-0.1, -0.05) is 12.1 Å². The highest BCUT2D eigenvalue weighted by molar-refractivity contribution is 5.91. The standard InChI is InChI=1S/C20H17FN4O3/c21-14-5-3-6-15(13-14)27-19-10-9-16(28-19)20(26)22-11-4-8-18-24-23-17-7-1-2-12-25(17)18/h1-3,5-7,9-10,12-13H,4,8,11H2,(H,22,26). The molecule has 0 atom stereocenters. The quantitative estimate of drug-likeness (QED) is 0.495.